The van der Waals surface area contributed by atoms with Crippen LogP contribution in [0.5, 0.6) is 0 Å². The standard InChI is InChI=1S/C4H6O2.Cs/c1-2-3-4(5)6;/h2-3H,1H3,(H,5,6);/q;+1/p-1/b3-2+;. The van der Waals surface area contributed by atoms with Gasteiger partial charge in [0.15, 0.2) is 0 Å². The topological polar surface area (TPSA) is 40.1 Å². The molecule has 0 aromatic heterocycles. The molecule has 0 spiro atoms. The van der Waals surface area contributed by atoms with Crippen molar-refractivity contribution in [3.05, 3.63) is 12.2 Å². The molecule has 0 aliphatic carbocycles. The minimum absolute atomic E-state index is 0. The fourth-order valence-electron chi connectivity index (χ4n) is 0.136. The number of carbonyl (C=O) groups excluding carboxylic acids is 1. The average molecular weight is 218 g/mol. The summed E-state index contributed by atoms with van der Waals surface area (Å²) in [6, 6.07) is 0. The van der Waals surface area contributed by atoms with E-state index in [0.29, 0.717) is 0 Å². The van der Waals surface area contributed by atoms with E-state index in [1.807, 2.05) is 0 Å². The molecule has 7 heavy (non-hydrogen) atoms. The molecule has 0 aromatic carbocycles. The summed E-state index contributed by atoms with van der Waals surface area (Å²) in [5, 5.41) is 9.40. The SMILES string of the molecule is C/C=C/C(=O)[O-].[Cs+]. The Morgan fingerprint density at radius 2 is 2.14 bits per heavy atom. The number of aliphatic carboxylic acids is 1. The van der Waals surface area contributed by atoms with Gasteiger partial charge in [-0.05, 0) is 13.0 Å². The molecule has 0 N–H and O–H groups in total. The summed E-state index contributed by atoms with van der Waals surface area (Å²) in [7, 11) is 0. The Balaban J connectivity index is 0. The van der Waals surface area contributed by atoms with E-state index in [-0.39, 0.29) is 68.9 Å². The van der Waals surface area contributed by atoms with Crippen molar-refractivity contribution in [1.29, 1.82) is 0 Å². The van der Waals surface area contributed by atoms with Gasteiger partial charge in [-0.3, -0.25) is 0 Å². The van der Waals surface area contributed by atoms with Crippen molar-refractivity contribution >= 4 is 5.97 Å². The minimum atomic E-state index is -1.14. The molecule has 0 aliphatic rings. The molecule has 34 valence electrons. The normalized spacial score (nSPS) is 8.14. The van der Waals surface area contributed by atoms with Crippen LogP contribution in [-0.2, 0) is 4.79 Å². The average Bonchev–Trinajstić information content (AvgIpc) is 1.35. The summed E-state index contributed by atoms with van der Waals surface area (Å²) in [4.78, 5) is 9.40. The monoisotopic (exact) mass is 218 g/mol. The van der Waals surface area contributed by atoms with Gasteiger partial charge in [0.1, 0.15) is 0 Å². The molecule has 0 radical (unpaired) electrons. The van der Waals surface area contributed by atoms with Crippen molar-refractivity contribution in [3.63, 3.8) is 0 Å². The molecule has 0 saturated carbocycles. The zero-order valence-electron chi connectivity index (χ0n) is 4.47. The van der Waals surface area contributed by atoms with Crippen LogP contribution >= 0.6 is 0 Å². The van der Waals surface area contributed by atoms with Crippen molar-refractivity contribution in [2.45, 2.75) is 6.92 Å². The molecule has 0 bridgehead atoms. The second-order valence-electron chi connectivity index (χ2n) is 0.819. The Kier molecular flexibility index (Phi) is 11.5. The van der Waals surface area contributed by atoms with Crippen LogP contribution in [0.4, 0.5) is 0 Å². The fourth-order valence-corrected chi connectivity index (χ4v) is 0.136. The second-order valence-corrected chi connectivity index (χ2v) is 0.819. The maximum absolute atomic E-state index is 9.40. The summed E-state index contributed by atoms with van der Waals surface area (Å²) in [5.41, 5.74) is 0. The molecule has 3 heteroatoms. The minimum Gasteiger partial charge on any atom is -0.545 e. The Morgan fingerprint density at radius 1 is 1.71 bits per heavy atom. The second kappa shape index (κ2) is 7.26. The van der Waals surface area contributed by atoms with Crippen LogP contribution in [0.25, 0.3) is 0 Å². The molecule has 0 unspecified atom stereocenters. The molecular formula is C4H5CsO2. The van der Waals surface area contributed by atoms with Gasteiger partial charge in [-0.15, -0.1) is 0 Å². The predicted molar refractivity (Wildman–Crippen MR) is 19.8 cm³/mol. The third kappa shape index (κ3) is 11.1. The molecule has 0 saturated heterocycles. The number of allylic oxidation sites excluding steroid dienone is 1. The molecule has 2 nitrogen and oxygen atoms in total. The van der Waals surface area contributed by atoms with Crippen molar-refractivity contribution in [2.24, 2.45) is 0 Å². The molecule has 0 rings (SSSR count). The van der Waals surface area contributed by atoms with Crippen LogP contribution in [0.1, 0.15) is 6.92 Å². The molecule has 0 atom stereocenters. The van der Waals surface area contributed by atoms with E-state index in [2.05, 4.69) is 0 Å². The van der Waals surface area contributed by atoms with Gasteiger partial charge in [0, 0.05) is 0 Å². The molecule has 0 aromatic rings. The quantitative estimate of drug-likeness (QED) is 0.425. The summed E-state index contributed by atoms with van der Waals surface area (Å²) < 4.78 is 0. The van der Waals surface area contributed by atoms with Crippen molar-refractivity contribution in [1.82, 2.24) is 0 Å². The van der Waals surface area contributed by atoms with E-state index in [4.69, 9.17) is 0 Å². The number of carboxylic acid groups (broad SMARTS) is 1. The molecule has 0 amide bonds. The Hall–Kier alpha value is 1.26. The molecule has 0 aliphatic heterocycles. The predicted octanol–water partition coefficient (Wildman–Crippen LogP) is -3.68. The number of rotatable bonds is 1. The Morgan fingerprint density at radius 3 is 2.14 bits per heavy atom. The van der Waals surface area contributed by atoms with Crippen molar-refractivity contribution in [3.8, 4) is 0 Å². The van der Waals surface area contributed by atoms with Gasteiger partial charge >= 0.3 is 68.9 Å². The number of hydrogen-bond acceptors (Lipinski definition) is 2. The number of hydrogen-bond donors (Lipinski definition) is 0. The van der Waals surface area contributed by atoms with Crippen LogP contribution in [0.2, 0.25) is 0 Å². The van der Waals surface area contributed by atoms with Crippen LogP contribution < -0.4 is 74.0 Å². The molecule has 0 heterocycles. The van der Waals surface area contributed by atoms with Gasteiger partial charge in [-0.1, -0.05) is 6.08 Å². The van der Waals surface area contributed by atoms with Gasteiger partial charge < -0.3 is 9.90 Å². The maximum atomic E-state index is 9.40. The third-order valence-corrected chi connectivity index (χ3v) is 0.303. The van der Waals surface area contributed by atoms with Gasteiger partial charge in [-0.25, -0.2) is 0 Å². The van der Waals surface area contributed by atoms with Gasteiger partial charge in [0.2, 0.25) is 0 Å². The van der Waals surface area contributed by atoms with Crippen LogP contribution in [-0.4, -0.2) is 5.97 Å². The van der Waals surface area contributed by atoms with E-state index < -0.39 is 5.97 Å². The summed E-state index contributed by atoms with van der Waals surface area (Å²) in [6.45, 7) is 1.62. The van der Waals surface area contributed by atoms with E-state index >= 15 is 0 Å². The first kappa shape index (κ1) is 11.1. The summed E-state index contributed by atoms with van der Waals surface area (Å²) >= 11 is 0. The number of carboxylic acids is 1. The van der Waals surface area contributed by atoms with E-state index in [1.54, 1.807) is 6.92 Å². The zero-order valence-corrected chi connectivity index (χ0v) is 10.8. The van der Waals surface area contributed by atoms with Crippen molar-refractivity contribution < 1.29 is 78.8 Å². The Bertz CT molecular complexity index is 77.8. The van der Waals surface area contributed by atoms with Crippen LogP contribution in [0.15, 0.2) is 12.2 Å². The van der Waals surface area contributed by atoms with Crippen LogP contribution in [0.3, 0.4) is 0 Å². The van der Waals surface area contributed by atoms with E-state index in [9.17, 15) is 9.90 Å². The van der Waals surface area contributed by atoms with Gasteiger partial charge in [-0.2, -0.15) is 0 Å². The maximum Gasteiger partial charge on any atom is 1.00 e. The first-order valence-corrected chi connectivity index (χ1v) is 1.61. The van der Waals surface area contributed by atoms with Gasteiger partial charge in [0.05, 0.1) is 5.97 Å². The number of carbonyl (C=O) groups is 1. The van der Waals surface area contributed by atoms with E-state index in [0.717, 1.165) is 6.08 Å². The Labute approximate surface area is 101 Å². The summed E-state index contributed by atoms with van der Waals surface area (Å²) in [6.07, 6.45) is 2.38. The van der Waals surface area contributed by atoms with E-state index in [1.165, 1.54) is 6.08 Å². The van der Waals surface area contributed by atoms with Crippen LogP contribution in [0, 0.1) is 0 Å². The first-order chi connectivity index (χ1) is 2.77. The third-order valence-electron chi connectivity index (χ3n) is 0.303. The smallest absolute Gasteiger partial charge is 0.545 e. The van der Waals surface area contributed by atoms with Crippen molar-refractivity contribution in [2.75, 3.05) is 0 Å². The molecule has 0 fully saturated rings. The first-order valence-electron chi connectivity index (χ1n) is 1.61. The summed E-state index contributed by atoms with van der Waals surface area (Å²) in [5.74, 6) is -1.14. The fraction of sp³-hybridized carbons (Fsp3) is 0.250. The largest absolute Gasteiger partial charge is 1.00 e. The van der Waals surface area contributed by atoms with Gasteiger partial charge in [0.25, 0.3) is 0 Å². The molecular weight excluding hydrogens is 213 g/mol. The zero-order chi connectivity index (χ0) is 4.99.